The molecule has 0 saturated heterocycles. The fraction of sp³-hybridized carbons (Fsp3) is 0.500. The first-order valence-corrected chi connectivity index (χ1v) is 12.5. The molecule has 34 heavy (non-hydrogen) atoms. The first-order chi connectivity index (χ1) is 16.4. The van der Waals surface area contributed by atoms with Crippen molar-refractivity contribution in [3.05, 3.63) is 53.9 Å². The molecule has 1 saturated carbocycles. The molecule has 1 amide bonds. The van der Waals surface area contributed by atoms with Gasteiger partial charge < -0.3 is 16.0 Å². The van der Waals surface area contributed by atoms with Crippen LogP contribution in [-0.4, -0.2) is 41.5 Å². The van der Waals surface area contributed by atoms with Crippen molar-refractivity contribution in [3.63, 3.8) is 0 Å². The smallest absolute Gasteiger partial charge is 0.237 e. The number of carbonyl (C=O) groups excluding carboxylic acids is 2. The Morgan fingerprint density at radius 2 is 1.85 bits per heavy atom. The van der Waals surface area contributed by atoms with Crippen molar-refractivity contribution in [2.75, 3.05) is 7.05 Å². The molecule has 0 spiro atoms. The summed E-state index contributed by atoms with van der Waals surface area (Å²) in [5, 5.41) is 14.8. The number of carbonyl (C=O) groups is 2. The Morgan fingerprint density at radius 1 is 1.15 bits per heavy atom. The van der Waals surface area contributed by atoms with E-state index in [1.807, 2.05) is 31.3 Å². The number of likely N-dealkylation sites (N-methyl/N-ethyl adjacent to an activating group) is 1. The summed E-state index contributed by atoms with van der Waals surface area (Å²) in [5.74, 6) is -0.760. The maximum Gasteiger partial charge on any atom is 0.237 e. The monoisotopic (exact) mass is 462 g/mol. The predicted molar refractivity (Wildman–Crippen MR) is 137 cm³/mol. The Balaban J connectivity index is 1.88. The molecule has 6 heteroatoms. The molecule has 1 aromatic heterocycles. The number of hydrogen-bond donors (Lipinski definition) is 3. The molecule has 1 heterocycles. The highest BCUT2D eigenvalue weighted by Gasteiger charge is 2.36. The topological polar surface area (TPSA) is 94.9 Å². The summed E-state index contributed by atoms with van der Waals surface area (Å²) < 4.78 is 0. The molecule has 182 valence electrons. The number of nitrogens with zero attached hydrogens (tertiary/aromatic N) is 1. The molecule has 1 aromatic carbocycles. The Kier molecular flexibility index (Phi) is 9.11. The maximum absolute atomic E-state index is 13.7. The Hall–Kier alpha value is -2.86. The van der Waals surface area contributed by atoms with Crippen LogP contribution in [0.2, 0.25) is 0 Å². The van der Waals surface area contributed by atoms with Gasteiger partial charge in [0.05, 0.1) is 17.8 Å². The van der Waals surface area contributed by atoms with E-state index in [0.29, 0.717) is 6.42 Å². The van der Waals surface area contributed by atoms with Crippen LogP contribution in [0.5, 0.6) is 0 Å². The number of ketones is 1. The van der Waals surface area contributed by atoms with E-state index in [1.165, 1.54) is 0 Å². The highest BCUT2D eigenvalue weighted by atomic mass is 16.2. The summed E-state index contributed by atoms with van der Waals surface area (Å²) in [6.07, 6.45) is 9.27. The van der Waals surface area contributed by atoms with Gasteiger partial charge in [-0.2, -0.15) is 0 Å². The van der Waals surface area contributed by atoms with Gasteiger partial charge in [0.1, 0.15) is 0 Å². The normalized spacial score (nSPS) is 16.9. The van der Waals surface area contributed by atoms with Crippen molar-refractivity contribution in [1.29, 1.82) is 5.41 Å². The number of aromatic nitrogens is 1. The van der Waals surface area contributed by atoms with E-state index >= 15 is 0 Å². The standard InChI is InChI=1S/C28H38N4O2/c1-5-23(21-15-22(17-31-16-21)24-14-10-9-11-18(24)2)25(29)27(33)26(20-12-7-6-8-13-20)32-28(34)19(3)30-4/h9-11,14-17,19-20,23,26,29-30H,5-8,12-13H2,1-4H3,(H,32,34)/t19-,23-,26-/m0/s1. The second kappa shape index (κ2) is 12.0. The average molecular weight is 463 g/mol. The Morgan fingerprint density at radius 3 is 2.50 bits per heavy atom. The van der Waals surface area contributed by atoms with Crippen LogP contribution in [0.4, 0.5) is 0 Å². The van der Waals surface area contributed by atoms with E-state index in [9.17, 15) is 9.59 Å². The third kappa shape index (κ3) is 5.98. The second-order valence-corrected chi connectivity index (χ2v) is 9.46. The number of Topliss-reactive ketones (excluding diaryl/α,β-unsaturated/α-hetero) is 1. The maximum atomic E-state index is 13.7. The zero-order valence-electron chi connectivity index (χ0n) is 20.9. The molecule has 1 fully saturated rings. The van der Waals surface area contributed by atoms with Crippen LogP contribution in [-0.2, 0) is 9.59 Å². The quantitative estimate of drug-likeness (QED) is 0.442. The molecule has 3 rings (SSSR count). The molecule has 3 N–H and O–H groups in total. The lowest BCUT2D eigenvalue weighted by molar-refractivity contribution is -0.127. The number of benzene rings is 1. The zero-order chi connectivity index (χ0) is 24.7. The third-order valence-corrected chi connectivity index (χ3v) is 7.17. The molecular formula is C28H38N4O2. The minimum absolute atomic E-state index is 0.0548. The highest BCUT2D eigenvalue weighted by Crippen LogP contribution is 2.31. The van der Waals surface area contributed by atoms with Gasteiger partial charge in [0.15, 0.2) is 5.78 Å². The molecule has 1 aliphatic carbocycles. The number of hydrogen-bond acceptors (Lipinski definition) is 5. The van der Waals surface area contributed by atoms with Crippen LogP contribution in [0.3, 0.4) is 0 Å². The summed E-state index contributed by atoms with van der Waals surface area (Å²) >= 11 is 0. The third-order valence-electron chi connectivity index (χ3n) is 7.17. The SMILES string of the molecule is CC[C@H](C(=N)C(=O)[C@@H](NC(=O)[C@H](C)NC)C1CCCCC1)c1cncc(-c2ccccc2C)c1. The predicted octanol–water partition coefficient (Wildman–Crippen LogP) is 4.81. The van der Waals surface area contributed by atoms with Crippen LogP contribution in [0, 0.1) is 18.3 Å². The van der Waals surface area contributed by atoms with Crippen LogP contribution in [0.15, 0.2) is 42.7 Å². The van der Waals surface area contributed by atoms with Crippen molar-refractivity contribution < 1.29 is 9.59 Å². The summed E-state index contributed by atoms with van der Waals surface area (Å²) in [7, 11) is 1.73. The fourth-order valence-corrected chi connectivity index (χ4v) is 4.91. The number of pyridine rings is 1. The van der Waals surface area contributed by atoms with Crippen LogP contribution < -0.4 is 10.6 Å². The van der Waals surface area contributed by atoms with E-state index in [1.54, 1.807) is 20.2 Å². The van der Waals surface area contributed by atoms with Crippen molar-refractivity contribution in [3.8, 4) is 11.1 Å². The first kappa shape index (κ1) is 25.8. The van der Waals surface area contributed by atoms with Crippen LogP contribution >= 0.6 is 0 Å². The van der Waals surface area contributed by atoms with Gasteiger partial charge in [0.2, 0.25) is 5.91 Å². The lowest BCUT2D eigenvalue weighted by atomic mass is 9.78. The summed E-state index contributed by atoms with van der Waals surface area (Å²) in [5.41, 5.74) is 4.14. The average Bonchev–Trinajstić information content (AvgIpc) is 2.87. The Labute approximate surface area is 203 Å². The van der Waals surface area contributed by atoms with Gasteiger partial charge in [-0.25, -0.2) is 0 Å². The molecule has 0 radical (unpaired) electrons. The number of rotatable bonds is 10. The van der Waals surface area contributed by atoms with Gasteiger partial charge in [-0.3, -0.25) is 14.6 Å². The zero-order valence-corrected chi connectivity index (χ0v) is 20.9. The van der Waals surface area contributed by atoms with Gasteiger partial charge in [-0.15, -0.1) is 0 Å². The fourth-order valence-electron chi connectivity index (χ4n) is 4.91. The van der Waals surface area contributed by atoms with Crippen molar-refractivity contribution in [2.24, 2.45) is 5.92 Å². The minimum atomic E-state index is -0.655. The second-order valence-electron chi connectivity index (χ2n) is 9.46. The molecule has 3 atom stereocenters. The number of nitrogens with one attached hydrogen (secondary N) is 3. The van der Waals surface area contributed by atoms with E-state index in [0.717, 1.165) is 54.4 Å². The lowest BCUT2D eigenvalue weighted by Crippen LogP contribution is -2.53. The van der Waals surface area contributed by atoms with Gasteiger partial charge >= 0.3 is 0 Å². The van der Waals surface area contributed by atoms with E-state index < -0.39 is 12.1 Å². The summed E-state index contributed by atoms with van der Waals surface area (Å²) in [4.78, 5) is 30.8. The summed E-state index contributed by atoms with van der Waals surface area (Å²) in [6.45, 7) is 5.83. The van der Waals surface area contributed by atoms with Gasteiger partial charge in [-0.05, 0) is 68.8 Å². The molecular weight excluding hydrogens is 424 g/mol. The highest BCUT2D eigenvalue weighted by molar-refractivity contribution is 6.42. The minimum Gasteiger partial charge on any atom is -0.344 e. The number of amides is 1. The van der Waals surface area contributed by atoms with Crippen LogP contribution in [0.1, 0.15) is 69.4 Å². The number of aryl methyl sites for hydroxylation is 1. The molecule has 6 nitrogen and oxygen atoms in total. The summed E-state index contributed by atoms with van der Waals surface area (Å²) in [6, 6.07) is 9.13. The first-order valence-electron chi connectivity index (χ1n) is 12.5. The largest absolute Gasteiger partial charge is 0.344 e. The van der Waals surface area contributed by atoms with Crippen molar-refractivity contribution in [1.82, 2.24) is 15.6 Å². The van der Waals surface area contributed by atoms with Crippen molar-refractivity contribution >= 4 is 17.4 Å². The lowest BCUT2D eigenvalue weighted by Gasteiger charge is -2.32. The molecule has 0 unspecified atom stereocenters. The van der Waals surface area contributed by atoms with Crippen LogP contribution in [0.25, 0.3) is 11.1 Å². The van der Waals surface area contributed by atoms with E-state index in [2.05, 4.69) is 34.7 Å². The molecule has 2 aromatic rings. The molecule has 0 bridgehead atoms. The van der Waals surface area contributed by atoms with E-state index in [4.69, 9.17) is 5.41 Å². The van der Waals surface area contributed by atoms with Gasteiger partial charge in [-0.1, -0.05) is 50.5 Å². The molecule has 1 aliphatic rings. The Bertz CT molecular complexity index is 1010. The molecule has 0 aliphatic heterocycles. The van der Waals surface area contributed by atoms with E-state index in [-0.39, 0.29) is 29.2 Å². The van der Waals surface area contributed by atoms with Gasteiger partial charge in [0, 0.05) is 23.9 Å². The van der Waals surface area contributed by atoms with Gasteiger partial charge in [0.25, 0.3) is 0 Å². The van der Waals surface area contributed by atoms with Crippen molar-refractivity contribution in [2.45, 2.75) is 77.3 Å².